The monoisotopic (exact) mass is 208 g/mol. The first-order valence-electron chi connectivity index (χ1n) is 6.03. The van der Waals surface area contributed by atoms with Crippen LogP contribution in [0.1, 0.15) is 51.4 Å². The van der Waals surface area contributed by atoms with Crippen molar-refractivity contribution in [2.24, 2.45) is 0 Å². The van der Waals surface area contributed by atoms with E-state index >= 15 is 0 Å². The van der Waals surface area contributed by atoms with Gasteiger partial charge in [-0.1, -0.05) is 31.8 Å². The van der Waals surface area contributed by atoms with Gasteiger partial charge in [-0.05, 0) is 37.8 Å². The van der Waals surface area contributed by atoms with Crippen molar-refractivity contribution < 1.29 is 5.11 Å². The molecule has 0 aliphatic carbocycles. The second kappa shape index (κ2) is 13.2. The summed E-state index contributed by atoms with van der Waals surface area (Å²) >= 11 is 0. The smallest absolute Gasteiger partial charge is 0.0686 e. The van der Waals surface area contributed by atoms with Gasteiger partial charge in [0.2, 0.25) is 0 Å². The van der Waals surface area contributed by atoms with E-state index in [1.165, 1.54) is 38.5 Å². The molecule has 0 radical (unpaired) electrons. The summed E-state index contributed by atoms with van der Waals surface area (Å²) in [5.41, 5.74) is 2.94. The molecule has 0 heterocycles. The van der Waals surface area contributed by atoms with Gasteiger partial charge in [0.1, 0.15) is 0 Å². The van der Waals surface area contributed by atoms with Crippen molar-refractivity contribution in [1.82, 2.24) is 0 Å². The summed E-state index contributed by atoms with van der Waals surface area (Å²) in [7, 11) is 0. The zero-order valence-corrected chi connectivity index (χ0v) is 9.75. The summed E-state index contributed by atoms with van der Waals surface area (Å²) in [6.45, 7) is 3.81. The molecule has 0 aliphatic rings. The zero-order valence-electron chi connectivity index (χ0n) is 9.75. The highest BCUT2D eigenvalue weighted by molar-refractivity contribution is 4.83. The molecular formula is C14H24O. The lowest BCUT2D eigenvalue weighted by Crippen LogP contribution is -1.79. The van der Waals surface area contributed by atoms with E-state index in [0.29, 0.717) is 0 Å². The number of aliphatic hydroxyl groups is 1. The molecule has 1 nitrogen and oxygen atoms in total. The van der Waals surface area contributed by atoms with E-state index in [1.54, 1.807) is 6.08 Å². The molecule has 0 unspecified atom stereocenters. The average Bonchev–Trinajstić information content (AvgIpc) is 2.26. The SMILES string of the molecule is C=CCCCCCCCCC=C=CCO. The van der Waals surface area contributed by atoms with Crippen LogP contribution in [0.2, 0.25) is 0 Å². The molecule has 0 aromatic carbocycles. The lowest BCUT2D eigenvalue weighted by molar-refractivity contribution is 0.343. The average molecular weight is 208 g/mol. The highest BCUT2D eigenvalue weighted by Gasteiger charge is 1.89. The largest absolute Gasteiger partial charge is 0.392 e. The van der Waals surface area contributed by atoms with Gasteiger partial charge in [0.05, 0.1) is 6.61 Å². The van der Waals surface area contributed by atoms with Gasteiger partial charge >= 0.3 is 0 Å². The van der Waals surface area contributed by atoms with Gasteiger partial charge in [-0.15, -0.1) is 12.3 Å². The minimum Gasteiger partial charge on any atom is -0.392 e. The van der Waals surface area contributed by atoms with Gasteiger partial charge in [-0.3, -0.25) is 0 Å². The fourth-order valence-corrected chi connectivity index (χ4v) is 1.46. The number of hydrogen-bond donors (Lipinski definition) is 1. The van der Waals surface area contributed by atoms with Crippen molar-refractivity contribution in [3.8, 4) is 0 Å². The minimum atomic E-state index is 0.0970. The van der Waals surface area contributed by atoms with Gasteiger partial charge in [0, 0.05) is 0 Å². The molecule has 0 atom stereocenters. The lowest BCUT2D eigenvalue weighted by Gasteiger charge is -1.98. The second-order valence-electron chi connectivity index (χ2n) is 3.74. The first kappa shape index (κ1) is 14.2. The maximum Gasteiger partial charge on any atom is 0.0686 e. The first-order valence-corrected chi connectivity index (χ1v) is 6.03. The molecule has 1 N–H and O–H groups in total. The fraction of sp³-hybridized carbons (Fsp3) is 0.643. The van der Waals surface area contributed by atoms with Gasteiger partial charge in [0.15, 0.2) is 0 Å². The summed E-state index contributed by atoms with van der Waals surface area (Å²) in [6, 6.07) is 0. The van der Waals surface area contributed by atoms with Crippen LogP contribution in [0.25, 0.3) is 0 Å². The van der Waals surface area contributed by atoms with Gasteiger partial charge in [-0.25, -0.2) is 0 Å². The molecule has 15 heavy (non-hydrogen) atoms. The Hall–Kier alpha value is -0.780. The quantitative estimate of drug-likeness (QED) is 0.327. The zero-order chi connectivity index (χ0) is 11.2. The van der Waals surface area contributed by atoms with E-state index in [9.17, 15) is 0 Å². The van der Waals surface area contributed by atoms with E-state index in [4.69, 9.17) is 5.11 Å². The Bertz CT molecular complexity index is 188. The number of unbranched alkanes of at least 4 members (excludes halogenated alkanes) is 7. The van der Waals surface area contributed by atoms with E-state index in [1.807, 2.05) is 12.2 Å². The molecule has 0 aromatic heterocycles. The molecule has 0 saturated carbocycles. The van der Waals surface area contributed by atoms with E-state index in [2.05, 4.69) is 12.3 Å². The van der Waals surface area contributed by atoms with Crippen molar-refractivity contribution >= 4 is 0 Å². The van der Waals surface area contributed by atoms with Crippen LogP contribution in [0.3, 0.4) is 0 Å². The summed E-state index contributed by atoms with van der Waals surface area (Å²) in [5.74, 6) is 0. The van der Waals surface area contributed by atoms with Crippen molar-refractivity contribution in [1.29, 1.82) is 0 Å². The van der Waals surface area contributed by atoms with Crippen LogP contribution in [-0.2, 0) is 0 Å². The summed E-state index contributed by atoms with van der Waals surface area (Å²) in [5, 5.41) is 8.46. The molecule has 86 valence electrons. The van der Waals surface area contributed by atoms with Gasteiger partial charge < -0.3 is 5.11 Å². The number of aliphatic hydroxyl groups excluding tert-OH is 1. The summed E-state index contributed by atoms with van der Waals surface area (Å²) in [4.78, 5) is 0. The lowest BCUT2D eigenvalue weighted by atomic mass is 10.1. The molecular weight excluding hydrogens is 184 g/mol. The Morgan fingerprint density at radius 1 is 0.867 bits per heavy atom. The highest BCUT2D eigenvalue weighted by Crippen LogP contribution is 2.08. The summed E-state index contributed by atoms with van der Waals surface area (Å²) < 4.78 is 0. The topological polar surface area (TPSA) is 20.2 Å². The Morgan fingerprint density at radius 2 is 1.47 bits per heavy atom. The molecule has 0 aliphatic heterocycles. The Balaban J connectivity index is 3.04. The number of rotatable bonds is 10. The van der Waals surface area contributed by atoms with Gasteiger partial charge in [0.25, 0.3) is 0 Å². The van der Waals surface area contributed by atoms with Crippen molar-refractivity contribution in [2.45, 2.75) is 51.4 Å². The fourth-order valence-electron chi connectivity index (χ4n) is 1.46. The number of hydrogen-bond acceptors (Lipinski definition) is 1. The van der Waals surface area contributed by atoms with Crippen LogP contribution in [0.5, 0.6) is 0 Å². The van der Waals surface area contributed by atoms with Crippen molar-refractivity contribution in [3.05, 3.63) is 30.5 Å². The van der Waals surface area contributed by atoms with E-state index in [0.717, 1.165) is 12.8 Å². The summed E-state index contributed by atoms with van der Waals surface area (Å²) in [6.07, 6.45) is 15.8. The molecule has 0 amide bonds. The third kappa shape index (κ3) is 13.2. The van der Waals surface area contributed by atoms with Crippen LogP contribution in [0.15, 0.2) is 30.5 Å². The highest BCUT2D eigenvalue weighted by atomic mass is 16.2. The molecule has 0 saturated heterocycles. The van der Waals surface area contributed by atoms with Crippen LogP contribution < -0.4 is 0 Å². The van der Waals surface area contributed by atoms with Crippen LogP contribution in [-0.4, -0.2) is 11.7 Å². The standard InChI is InChI=1S/C14H24O/c1-2-3-4-5-6-7-8-9-10-11-12-13-14-15/h2,11,13,15H,1,3-10,14H2. The molecule has 0 spiro atoms. The van der Waals surface area contributed by atoms with Crippen LogP contribution in [0, 0.1) is 0 Å². The predicted octanol–water partition coefficient (Wildman–Crippen LogP) is 4.00. The predicted molar refractivity (Wildman–Crippen MR) is 66.9 cm³/mol. The molecule has 0 bridgehead atoms. The molecule has 0 rings (SSSR count). The Kier molecular flexibility index (Phi) is 12.5. The van der Waals surface area contributed by atoms with Crippen LogP contribution in [0.4, 0.5) is 0 Å². The second-order valence-corrected chi connectivity index (χ2v) is 3.74. The van der Waals surface area contributed by atoms with E-state index in [-0.39, 0.29) is 6.61 Å². The van der Waals surface area contributed by atoms with Crippen LogP contribution >= 0.6 is 0 Å². The van der Waals surface area contributed by atoms with E-state index < -0.39 is 0 Å². The van der Waals surface area contributed by atoms with Crippen molar-refractivity contribution in [2.75, 3.05) is 6.61 Å². The normalized spacial score (nSPS) is 9.40. The Labute approximate surface area is 94.2 Å². The molecule has 0 aromatic rings. The Morgan fingerprint density at radius 3 is 2.07 bits per heavy atom. The first-order chi connectivity index (χ1) is 7.41. The number of allylic oxidation sites excluding steroid dienone is 1. The van der Waals surface area contributed by atoms with Gasteiger partial charge in [-0.2, -0.15) is 0 Å². The minimum absolute atomic E-state index is 0.0970. The van der Waals surface area contributed by atoms with Crippen molar-refractivity contribution in [3.63, 3.8) is 0 Å². The maximum atomic E-state index is 8.46. The third-order valence-corrected chi connectivity index (χ3v) is 2.33. The molecule has 1 heteroatoms. The molecule has 0 fully saturated rings. The maximum absolute atomic E-state index is 8.46. The third-order valence-electron chi connectivity index (χ3n) is 2.33.